The van der Waals surface area contributed by atoms with Gasteiger partial charge in [0, 0.05) is 10.6 Å². The van der Waals surface area contributed by atoms with Crippen molar-refractivity contribution >= 4 is 17.6 Å². The molecule has 0 amide bonds. The molecule has 1 heterocycles. The van der Waals surface area contributed by atoms with E-state index < -0.39 is 11.6 Å². The summed E-state index contributed by atoms with van der Waals surface area (Å²) in [5.41, 5.74) is -0.548. The fraction of sp³-hybridized carbons (Fsp3) is 0.167. The molecule has 0 bridgehead atoms. The van der Waals surface area contributed by atoms with Gasteiger partial charge in [0.2, 0.25) is 5.89 Å². The summed E-state index contributed by atoms with van der Waals surface area (Å²) >= 11 is 5.84. The molecule has 0 aliphatic rings. The van der Waals surface area contributed by atoms with Crippen LogP contribution in [0.3, 0.4) is 0 Å². The van der Waals surface area contributed by atoms with E-state index in [4.69, 9.17) is 20.8 Å². The fourth-order valence-corrected chi connectivity index (χ4v) is 2.20. The van der Waals surface area contributed by atoms with Crippen molar-refractivity contribution in [3.8, 4) is 11.5 Å². The molecule has 0 spiro atoms. The molecule has 25 heavy (non-hydrogen) atoms. The highest BCUT2D eigenvalue weighted by molar-refractivity contribution is 6.30. The number of aromatic nitrogens is 2. The molecule has 0 saturated heterocycles. The summed E-state index contributed by atoms with van der Waals surface area (Å²) in [5, 5.41) is 18.8. The lowest BCUT2D eigenvalue weighted by Gasteiger charge is -2.18. The number of hydrogen-bond donors (Lipinski definition) is 1. The Kier molecular flexibility index (Phi) is 4.83. The van der Waals surface area contributed by atoms with Crippen LogP contribution in [0.25, 0.3) is 11.5 Å². The van der Waals surface area contributed by atoms with Gasteiger partial charge in [-0.25, -0.2) is 4.79 Å². The summed E-state index contributed by atoms with van der Waals surface area (Å²) in [6.07, 6.45) is 0. The number of benzene rings is 2. The van der Waals surface area contributed by atoms with Crippen LogP contribution in [0, 0.1) is 0 Å². The van der Waals surface area contributed by atoms with Gasteiger partial charge in [-0.05, 0) is 43.3 Å². The number of esters is 1. The third-order valence-corrected chi connectivity index (χ3v) is 3.72. The Morgan fingerprint density at radius 3 is 2.52 bits per heavy atom. The van der Waals surface area contributed by atoms with Crippen molar-refractivity contribution in [2.45, 2.75) is 12.5 Å². The second kappa shape index (κ2) is 7.04. The second-order valence-corrected chi connectivity index (χ2v) is 6.07. The lowest BCUT2D eigenvalue weighted by molar-refractivity contribution is -0.0392. The maximum absolute atomic E-state index is 12.0. The number of ether oxygens (including phenoxy) is 1. The van der Waals surface area contributed by atoms with E-state index in [0.29, 0.717) is 16.1 Å². The topological polar surface area (TPSA) is 85.5 Å². The quantitative estimate of drug-likeness (QED) is 0.703. The van der Waals surface area contributed by atoms with E-state index in [1.165, 1.54) is 6.92 Å². The first-order chi connectivity index (χ1) is 12.0. The predicted octanol–water partition coefficient (Wildman–Crippen LogP) is 3.45. The lowest BCUT2D eigenvalue weighted by atomic mass is 10.1. The van der Waals surface area contributed by atoms with Gasteiger partial charge in [0.1, 0.15) is 6.61 Å². The molecule has 0 aliphatic heterocycles. The Morgan fingerprint density at radius 1 is 1.16 bits per heavy atom. The Bertz CT molecular complexity index is 860. The highest BCUT2D eigenvalue weighted by Gasteiger charge is 2.32. The van der Waals surface area contributed by atoms with Gasteiger partial charge in [-0.15, -0.1) is 10.2 Å². The van der Waals surface area contributed by atoms with Crippen LogP contribution in [0.5, 0.6) is 0 Å². The lowest BCUT2D eigenvalue weighted by Crippen LogP contribution is -2.29. The Labute approximate surface area is 149 Å². The second-order valence-electron chi connectivity index (χ2n) is 5.64. The molecule has 1 unspecified atom stereocenters. The first-order valence-corrected chi connectivity index (χ1v) is 7.88. The predicted molar refractivity (Wildman–Crippen MR) is 91.0 cm³/mol. The summed E-state index contributed by atoms with van der Waals surface area (Å²) in [4.78, 5) is 12.0. The van der Waals surface area contributed by atoms with Crippen LogP contribution in [0.2, 0.25) is 5.02 Å². The molecule has 2 aromatic carbocycles. The zero-order valence-electron chi connectivity index (χ0n) is 13.3. The van der Waals surface area contributed by atoms with E-state index in [1.54, 1.807) is 54.6 Å². The van der Waals surface area contributed by atoms with Crippen molar-refractivity contribution in [1.82, 2.24) is 10.2 Å². The van der Waals surface area contributed by atoms with Gasteiger partial charge in [-0.1, -0.05) is 29.8 Å². The van der Waals surface area contributed by atoms with E-state index in [9.17, 15) is 9.90 Å². The van der Waals surface area contributed by atoms with Crippen LogP contribution in [0.15, 0.2) is 59.0 Å². The van der Waals surface area contributed by atoms with Gasteiger partial charge in [-0.2, -0.15) is 0 Å². The van der Waals surface area contributed by atoms with Gasteiger partial charge in [-0.3, -0.25) is 0 Å². The summed E-state index contributed by atoms with van der Waals surface area (Å²) < 4.78 is 10.6. The molecule has 0 radical (unpaired) electrons. The van der Waals surface area contributed by atoms with E-state index in [2.05, 4.69) is 10.2 Å². The number of carbonyl (C=O) groups excluding carboxylic acids is 1. The van der Waals surface area contributed by atoms with Crippen molar-refractivity contribution in [3.63, 3.8) is 0 Å². The maximum Gasteiger partial charge on any atom is 0.338 e. The van der Waals surface area contributed by atoms with Crippen molar-refractivity contribution in [2.24, 2.45) is 0 Å². The van der Waals surface area contributed by atoms with Crippen molar-refractivity contribution in [2.75, 3.05) is 6.61 Å². The molecular weight excluding hydrogens is 344 g/mol. The van der Waals surface area contributed by atoms with Crippen LogP contribution in [0.4, 0.5) is 0 Å². The molecule has 6 nitrogen and oxygen atoms in total. The largest absolute Gasteiger partial charge is 0.458 e. The summed E-state index contributed by atoms with van der Waals surface area (Å²) in [6.45, 7) is 1.12. The van der Waals surface area contributed by atoms with Gasteiger partial charge in [0.15, 0.2) is 5.60 Å². The average Bonchev–Trinajstić information content (AvgIpc) is 3.12. The van der Waals surface area contributed by atoms with Gasteiger partial charge in [0.05, 0.1) is 5.56 Å². The number of hydrogen-bond acceptors (Lipinski definition) is 6. The normalized spacial score (nSPS) is 13.2. The van der Waals surface area contributed by atoms with Gasteiger partial charge < -0.3 is 14.3 Å². The number of rotatable bonds is 5. The summed E-state index contributed by atoms with van der Waals surface area (Å²) in [6, 6.07) is 15.3. The minimum Gasteiger partial charge on any atom is -0.458 e. The SMILES string of the molecule is CC(O)(COC(=O)c1ccccc1)c1nnc(-c2ccc(Cl)cc2)o1. The van der Waals surface area contributed by atoms with Crippen LogP contribution < -0.4 is 0 Å². The molecule has 1 atom stereocenters. The zero-order valence-corrected chi connectivity index (χ0v) is 14.1. The summed E-state index contributed by atoms with van der Waals surface area (Å²) in [5.74, 6) is -0.349. The fourth-order valence-electron chi connectivity index (χ4n) is 2.08. The zero-order chi connectivity index (χ0) is 17.9. The standard InChI is InChI=1S/C18H15ClN2O4/c1-18(23,11-24-16(22)13-5-3-2-4-6-13)17-21-20-15(25-17)12-7-9-14(19)10-8-12/h2-10,23H,11H2,1H3. The van der Waals surface area contributed by atoms with Crippen LogP contribution in [-0.2, 0) is 10.3 Å². The molecule has 7 heteroatoms. The molecule has 0 fully saturated rings. The first-order valence-electron chi connectivity index (χ1n) is 7.50. The molecule has 3 rings (SSSR count). The smallest absolute Gasteiger partial charge is 0.338 e. The maximum atomic E-state index is 12.0. The van der Waals surface area contributed by atoms with Gasteiger partial charge >= 0.3 is 5.97 Å². The van der Waals surface area contributed by atoms with E-state index in [1.807, 2.05) is 0 Å². The average molecular weight is 359 g/mol. The van der Waals surface area contributed by atoms with E-state index >= 15 is 0 Å². The van der Waals surface area contributed by atoms with E-state index in [0.717, 1.165) is 0 Å². The minimum absolute atomic E-state index is 0.0432. The van der Waals surface area contributed by atoms with Crippen molar-refractivity contribution in [1.29, 1.82) is 0 Å². The van der Waals surface area contributed by atoms with Crippen LogP contribution in [0.1, 0.15) is 23.2 Å². The van der Waals surface area contributed by atoms with Gasteiger partial charge in [0.25, 0.3) is 5.89 Å². The molecular formula is C18H15ClN2O4. The Hall–Kier alpha value is -2.70. The number of nitrogens with zero attached hydrogens (tertiary/aromatic N) is 2. The minimum atomic E-state index is -1.61. The van der Waals surface area contributed by atoms with E-state index in [-0.39, 0.29) is 18.4 Å². The van der Waals surface area contributed by atoms with Crippen molar-refractivity contribution in [3.05, 3.63) is 71.1 Å². The van der Waals surface area contributed by atoms with Crippen LogP contribution >= 0.6 is 11.6 Å². The molecule has 128 valence electrons. The van der Waals surface area contributed by atoms with Crippen molar-refractivity contribution < 1.29 is 19.1 Å². The number of halogens is 1. The first kappa shape index (κ1) is 17.1. The molecule has 1 aromatic heterocycles. The van der Waals surface area contributed by atoms with Crippen LogP contribution in [-0.4, -0.2) is 27.9 Å². The Morgan fingerprint density at radius 2 is 1.84 bits per heavy atom. The monoisotopic (exact) mass is 358 g/mol. The Balaban J connectivity index is 1.70. The number of carbonyl (C=O) groups is 1. The molecule has 1 N–H and O–H groups in total. The highest BCUT2D eigenvalue weighted by Crippen LogP contribution is 2.25. The third kappa shape index (κ3) is 4.04. The third-order valence-electron chi connectivity index (χ3n) is 3.47. The highest BCUT2D eigenvalue weighted by atomic mass is 35.5. The number of aliphatic hydroxyl groups is 1. The molecule has 0 saturated carbocycles. The summed E-state index contributed by atoms with van der Waals surface area (Å²) in [7, 11) is 0. The molecule has 3 aromatic rings. The molecule has 0 aliphatic carbocycles.